The number of aromatic amines is 1. The van der Waals surface area contributed by atoms with Crippen molar-refractivity contribution in [2.75, 3.05) is 6.61 Å². The molecule has 1 heterocycles. The first kappa shape index (κ1) is 8.64. The van der Waals surface area contributed by atoms with Crippen LogP contribution in [-0.4, -0.2) is 17.6 Å². The zero-order valence-electron chi connectivity index (χ0n) is 6.79. The molecular formula is C8H10NO3. The highest BCUT2D eigenvalue weighted by molar-refractivity contribution is 5.87. The molecule has 0 bridgehead atoms. The van der Waals surface area contributed by atoms with Gasteiger partial charge in [-0.25, -0.2) is 4.79 Å². The Bertz CT molecular complexity index is 267. The molecule has 4 nitrogen and oxygen atoms in total. The number of H-pyrrole nitrogens is 1. The van der Waals surface area contributed by atoms with Gasteiger partial charge in [0.15, 0.2) is 5.75 Å². The van der Waals surface area contributed by atoms with E-state index in [9.17, 15) is 9.90 Å². The van der Waals surface area contributed by atoms with E-state index in [1.54, 1.807) is 0 Å². The maximum Gasteiger partial charge on any atom is 0.354 e. The minimum Gasteiger partial charge on any atom is -0.461 e. The molecule has 0 aliphatic rings. The second-order valence-electron chi connectivity index (χ2n) is 2.38. The van der Waals surface area contributed by atoms with Crippen molar-refractivity contribution in [1.29, 1.82) is 0 Å². The lowest BCUT2D eigenvalue weighted by atomic mass is 10.4. The van der Waals surface area contributed by atoms with E-state index in [0.29, 0.717) is 6.61 Å². The summed E-state index contributed by atoms with van der Waals surface area (Å²) in [6.07, 6.45) is 2.00. The van der Waals surface area contributed by atoms with Crippen molar-refractivity contribution in [2.45, 2.75) is 13.3 Å². The van der Waals surface area contributed by atoms with Crippen molar-refractivity contribution >= 4 is 5.97 Å². The van der Waals surface area contributed by atoms with Crippen LogP contribution >= 0.6 is 0 Å². The Morgan fingerprint density at radius 1 is 1.67 bits per heavy atom. The maximum atomic E-state index is 11.0. The Kier molecular flexibility index (Phi) is 2.74. The van der Waals surface area contributed by atoms with Gasteiger partial charge in [0.25, 0.3) is 0 Å². The van der Waals surface area contributed by atoms with Crippen LogP contribution in [0.5, 0.6) is 5.75 Å². The summed E-state index contributed by atoms with van der Waals surface area (Å²) in [5.74, 6) is -0.683. The minimum absolute atomic E-state index is 0.210. The molecule has 0 spiro atoms. The first-order chi connectivity index (χ1) is 5.74. The van der Waals surface area contributed by atoms with Crippen LogP contribution in [0.25, 0.3) is 0 Å². The lowest BCUT2D eigenvalue weighted by Crippen LogP contribution is -2.05. The zero-order valence-corrected chi connectivity index (χ0v) is 6.79. The van der Waals surface area contributed by atoms with Crippen molar-refractivity contribution in [3.8, 4) is 5.75 Å². The van der Waals surface area contributed by atoms with E-state index in [4.69, 9.17) is 4.74 Å². The summed E-state index contributed by atoms with van der Waals surface area (Å²) in [5.41, 5.74) is 0.216. The van der Waals surface area contributed by atoms with E-state index in [2.05, 4.69) is 4.98 Å². The molecule has 0 unspecified atom stereocenters. The Hall–Kier alpha value is -1.45. The van der Waals surface area contributed by atoms with Crippen LogP contribution in [0.2, 0.25) is 0 Å². The maximum absolute atomic E-state index is 11.0. The quantitative estimate of drug-likeness (QED) is 0.698. The Morgan fingerprint density at radius 2 is 2.42 bits per heavy atom. The van der Waals surface area contributed by atoms with Crippen molar-refractivity contribution in [2.24, 2.45) is 0 Å². The van der Waals surface area contributed by atoms with Crippen molar-refractivity contribution in [3.63, 3.8) is 0 Å². The average Bonchev–Trinajstić information content (AvgIpc) is 2.47. The fraction of sp³-hybridized carbons (Fsp3) is 0.375. The lowest BCUT2D eigenvalue weighted by molar-refractivity contribution is 0.0499. The normalized spacial score (nSPS) is 9.75. The van der Waals surface area contributed by atoms with Gasteiger partial charge in [0.05, 0.1) is 6.61 Å². The summed E-state index contributed by atoms with van der Waals surface area (Å²) < 4.78 is 4.78. The molecule has 0 fully saturated rings. The van der Waals surface area contributed by atoms with Crippen LogP contribution in [0.4, 0.5) is 0 Å². The number of ether oxygens (including phenoxy) is 1. The number of aromatic nitrogens is 1. The third-order valence-electron chi connectivity index (χ3n) is 1.31. The summed E-state index contributed by atoms with van der Waals surface area (Å²) >= 11 is 0. The third kappa shape index (κ3) is 2.02. The average molecular weight is 168 g/mol. The molecular weight excluding hydrogens is 158 g/mol. The first-order valence-electron chi connectivity index (χ1n) is 3.76. The Labute approximate surface area is 70.2 Å². The van der Waals surface area contributed by atoms with Crippen molar-refractivity contribution in [1.82, 2.24) is 4.98 Å². The number of hydrogen-bond donors (Lipinski definition) is 1. The molecule has 1 aromatic heterocycles. The predicted molar refractivity (Wildman–Crippen MR) is 41.5 cm³/mol. The van der Waals surface area contributed by atoms with Crippen molar-refractivity contribution in [3.05, 3.63) is 18.0 Å². The number of carbonyl (C=O) groups excluding carboxylic acids is 1. The molecule has 0 aliphatic heterocycles. The van der Waals surface area contributed by atoms with Crippen LogP contribution < -0.4 is 0 Å². The molecule has 0 amide bonds. The highest BCUT2D eigenvalue weighted by Crippen LogP contribution is 2.11. The van der Waals surface area contributed by atoms with Crippen LogP contribution in [0, 0.1) is 0 Å². The summed E-state index contributed by atoms with van der Waals surface area (Å²) in [6.45, 7) is 2.28. The number of rotatable bonds is 3. The molecule has 4 heteroatoms. The molecule has 0 saturated heterocycles. The topological polar surface area (TPSA) is 62.0 Å². The molecule has 0 atom stereocenters. The fourth-order valence-electron chi connectivity index (χ4n) is 0.765. The third-order valence-corrected chi connectivity index (χ3v) is 1.31. The standard InChI is InChI=1S/C8H10NO3/c1-2-3-12-8(11)7-4-6(10)5-9-7/h4-5,9H,2-3H2,1H3. The molecule has 1 aromatic rings. The molecule has 1 N–H and O–H groups in total. The first-order valence-corrected chi connectivity index (χ1v) is 3.76. The number of hydrogen-bond acceptors (Lipinski definition) is 2. The van der Waals surface area contributed by atoms with Gasteiger partial charge in [-0.15, -0.1) is 0 Å². The summed E-state index contributed by atoms with van der Waals surface area (Å²) in [6, 6.07) is 1.22. The van der Waals surface area contributed by atoms with E-state index in [1.807, 2.05) is 6.92 Å². The second kappa shape index (κ2) is 3.80. The van der Waals surface area contributed by atoms with Crippen LogP contribution in [0.15, 0.2) is 12.3 Å². The summed E-state index contributed by atoms with van der Waals surface area (Å²) in [7, 11) is 0. The van der Waals surface area contributed by atoms with Gasteiger partial charge in [-0.3, -0.25) is 5.11 Å². The Balaban J connectivity index is 2.53. The molecule has 1 radical (unpaired) electrons. The highest BCUT2D eigenvalue weighted by atomic mass is 16.5. The van der Waals surface area contributed by atoms with Crippen molar-refractivity contribution < 1.29 is 14.6 Å². The van der Waals surface area contributed by atoms with Gasteiger partial charge >= 0.3 is 5.97 Å². The highest BCUT2D eigenvalue weighted by Gasteiger charge is 2.09. The summed E-state index contributed by atoms with van der Waals surface area (Å²) in [4.78, 5) is 13.6. The van der Waals surface area contributed by atoms with Gasteiger partial charge in [0.1, 0.15) is 5.69 Å². The van der Waals surface area contributed by atoms with Gasteiger partial charge in [0.2, 0.25) is 0 Å². The second-order valence-corrected chi connectivity index (χ2v) is 2.38. The minimum atomic E-state index is -0.473. The monoisotopic (exact) mass is 168 g/mol. The van der Waals surface area contributed by atoms with E-state index in [-0.39, 0.29) is 11.4 Å². The largest absolute Gasteiger partial charge is 0.461 e. The smallest absolute Gasteiger partial charge is 0.354 e. The van der Waals surface area contributed by atoms with Gasteiger partial charge in [-0.2, -0.15) is 0 Å². The van der Waals surface area contributed by atoms with Crippen LogP contribution in [-0.2, 0) is 9.84 Å². The van der Waals surface area contributed by atoms with Crippen LogP contribution in [0.1, 0.15) is 23.8 Å². The molecule has 12 heavy (non-hydrogen) atoms. The van der Waals surface area contributed by atoms with E-state index in [1.165, 1.54) is 12.3 Å². The van der Waals surface area contributed by atoms with E-state index >= 15 is 0 Å². The van der Waals surface area contributed by atoms with Gasteiger partial charge in [0, 0.05) is 12.3 Å². The SMILES string of the molecule is CCCOC(=O)c1cc([O])c[nH]1. The molecule has 1 rings (SSSR count). The molecule has 0 aliphatic carbocycles. The zero-order chi connectivity index (χ0) is 8.97. The Morgan fingerprint density at radius 3 is 2.92 bits per heavy atom. The number of carbonyl (C=O) groups is 1. The summed E-state index contributed by atoms with van der Waals surface area (Å²) in [5, 5.41) is 10.6. The molecule has 0 aromatic carbocycles. The van der Waals surface area contributed by atoms with Gasteiger partial charge in [-0.1, -0.05) is 6.92 Å². The van der Waals surface area contributed by atoms with Gasteiger partial charge in [-0.05, 0) is 6.42 Å². The predicted octanol–water partition coefficient (Wildman–Crippen LogP) is 1.73. The molecule has 65 valence electrons. The fourth-order valence-corrected chi connectivity index (χ4v) is 0.765. The molecule has 0 saturated carbocycles. The van der Waals surface area contributed by atoms with E-state index in [0.717, 1.165) is 6.42 Å². The number of nitrogens with one attached hydrogen (secondary N) is 1. The lowest BCUT2D eigenvalue weighted by Gasteiger charge is -1.98. The van der Waals surface area contributed by atoms with E-state index < -0.39 is 5.97 Å². The van der Waals surface area contributed by atoms with Gasteiger partial charge < -0.3 is 9.72 Å². The number of esters is 1. The van der Waals surface area contributed by atoms with Crippen LogP contribution in [0.3, 0.4) is 0 Å².